The van der Waals surface area contributed by atoms with Crippen LogP contribution in [0, 0.1) is 0 Å². The van der Waals surface area contributed by atoms with Gasteiger partial charge in [0.25, 0.3) is 0 Å². The first kappa shape index (κ1) is 15.8. The molecule has 0 bridgehead atoms. The molecule has 2 aromatic rings. The molecule has 0 saturated carbocycles. The molecule has 0 aromatic heterocycles. The average molecular weight is 352 g/mol. The first-order chi connectivity index (χ1) is 11.0. The molecule has 7 heteroatoms. The van der Waals surface area contributed by atoms with Crippen molar-refractivity contribution in [2.45, 2.75) is 0 Å². The van der Waals surface area contributed by atoms with Crippen molar-refractivity contribution >= 4 is 46.2 Å². The minimum Gasteiger partial charge on any atom is -0.490 e. The topological polar surface area (TPSA) is 67.6 Å². The van der Waals surface area contributed by atoms with Gasteiger partial charge in [0, 0.05) is 21.4 Å². The number of ether oxygens (including phenoxy) is 1. The molecule has 1 amide bonds. The number of amides is 1. The summed E-state index contributed by atoms with van der Waals surface area (Å²) in [4.78, 5) is 14.2. The standard InChI is InChI=1S/C16H15Cl2N3O2/c17-10-5-11(18)7-13(6-10)20-16(22)9-21-3-4-23-15-2-1-12(19)8-14(15)21/h1-2,5-8H,3-4,9,19H2,(H,20,22). The van der Waals surface area contributed by atoms with Gasteiger partial charge in [-0.1, -0.05) is 23.2 Å². The first-order valence-corrected chi connectivity index (χ1v) is 7.80. The summed E-state index contributed by atoms with van der Waals surface area (Å²) in [6.45, 7) is 1.32. The normalized spacial score (nSPS) is 13.2. The zero-order chi connectivity index (χ0) is 16.4. The number of nitrogens with one attached hydrogen (secondary N) is 1. The highest BCUT2D eigenvalue weighted by Gasteiger charge is 2.20. The second-order valence-corrected chi connectivity index (χ2v) is 6.08. The van der Waals surface area contributed by atoms with E-state index < -0.39 is 0 Å². The molecule has 0 radical (unpaired) electrons. The molecular formula is C16H15Cl2N3O2. The van der Waals surface area contributed by atoms with Gasteiger partial charge in [0.2, 0.25) is 5.91 Å². The molecule has 23 heavy (non-hydrogen) atoms. The van der Waals surface area contributed by atoms with Crippen molar-refractivity contribution in [1.29, 1.82) is 0 Å². The van der Waals surface area contributed by atoms with E-state index >= 15 is 0 Å². The second kappa shape index (κ2) is 6.56. The number of hydrogen-bond donors (Lipinski definition) is 2. The highest BCUT2D eigenvalue weighted by atomic mass is 35.5. The number of benzene rings is 2. The highest BCUT2D eigenvalue weighted by molar-refractivity contribution is 6.35. The smallest absolute Gasteiger partial charge is 0.243 e. The van der Waals surface area contributed by atoms with Crippen LogP contribution in [0.2, 0.25) is 10.0 Å². The fourth-order valence-corrected chi connectivity index (χ4v) is 2.98. The molecule has 1 aliphatic rings. The van der Waals surface area contributed by atoms with Crippen molar-refractivity contribution in [3.63, 3.8) is 0 Å². The minimum atomic E-state index is -0.168. The Morgan fingerprint density at radius 3 is 2.70 bits per heavy atom. The summed E-state index contributed by atoms with van der Waals surface area (Å²) in [6.07, 6.45) is 0. The predicted molar refractivity (Wildman–Crippen MR) is 93.7 cm³/mol. The zero-order valence-corrected chi connectivity index (χ0v) is 13.7. The molecule has 120 valence electrons. The fraction of sp³-hybridized carbons (Fsp3) is 0.188. The molecule has 3 rings (SSSR count). The van der Waals surface area contributed by atoms with Crippen LogP contribution in [-0.4, -0.2) is 25.6 Å². The lowest BCUT2D eigenvalue weighted by molar-refractivity contribution is -0.115. The molecule has 2 aromatic carbocycles. The third kappa shape index (κ3) is 3.81. The Labute approximate surface area is 143 Å². The Bertz CT molecular complexity index is 732. The summed E-state index contributed by atoms with van der Waals surface area (Å²) in [7, 11) is 0. The summed E-state index contributed by atoms with van der Waals surface area (Å²) < 4.78 is 5.58. The van der Waals surface area contributed by atoms with Crippen LogP contribution in [0.4, 0.5) is 17.1 Å². The van der Waals surface area contributed by atoms with E-state index in [1.165, 1.54) is 0 Å². The van der Waals surface area contributed by atoms with Crippen LogP contribution in [0.3, 0.4) is 0 Å². The fourth-order valence-electron chi connectivity index (χ4n) is 2.45. The van der Waals surface area contributed by atoms with Gasteiger partial charge < -0.3 is 20.7 Å². The van der Waals surface area contributed by atoms with Crippen LogP contribution >= 0.6 is 23.2 Å². The van der Waals surface area contributed by atoms with Gasteiger partial charge in [0.1, 0.15) is 12.4 Å². The van der Waals surface area contributed by atoms with E-state index in [1.807, 2.05) is 11.0 Å². The molecule has 0 saturated heterocycles. The number of carbonyl (C=O) groups excluding carboxylic acids is 1. The second-order valence-electron chi connectivity index (χ2n) is 5.20. The monoisotopic (exact) mass is 351 g/mol. The Morgan fingerprint density at radius 2 is 1.96 bits per heavy atom. The van der Waals surface area contributed by atoms with Crippen molar-refractivity contribution < 1.29 is 9.53 Å². The van der Waals surface area contributed by atoms with Gasteiger partial charge in [-0.05, 0) is 36.4 Å². The molecule has 0 atom stereocenters. The summed E-state index contributed by atoms with van der Waals surface area (Å²) >= 11 is 11.9. The van der Waals surface area contributed by atoms with E-state index in [0.29, 0.717) is 34.6 Å². The zero-order valence-electron chi connectivity index (χ0n) is 12.2. The predicted octanol–water partition coefficient (Wildman–Crippen LogP) is 3.41. The van der Waals surface area contributed by atoms with E-state index in [9.17, 15) is 4.79 Å². The number of carbonyl (C=O) groups is 1. The van der Waals surface area contributed by atoms with E-state index in [2.05, 4.69) is 5.32 Å². The molecule has 0 fully saturated rings. The average Bonchev–Trinajstić information content (AvgIpc) is 2.46. The number of fused-ring (bicyclic) bond motifs is 1. The molecule has 0 unspecified atom stereocenters. The van der Waals surface area contributed by atoms with E-state index in [1.54, 1.807) is 30.3 Å². The maximum atomic E-state index is 12.3. The van der Waals surface area contributed by atoms with Crippen LogP contribution in [0.1, 0.15) is 0 Å². The molecule has 5 nitrogen and oxygen atoms in total. The molecule has 1 heterocycles. The summed E-state index contributed by atoms with van der Waals surface area (Å²) in [5.41, 5.74) is 7.82. The highest BCUT2D eigenvalue weighted by Crippen LogP contribution is 2.33. The number of nitrogen functional groups attached to an aromatic ring is 1. The lowest BCUT2D eigenvalue weighted by atomic mass is 10.2. The van der Waals surface area contributed by atoms with E-state index in [0.717, 1.165) is 11.4 Å². The third-order valence-corrected chi connectivity index (χ3v) is 3.86. The Balaban J connectivity index is 1.73. The molecule has 0 aliphatic carbocycles. The molecule has 3 N–H and O–H groups in total. The summed E-state index contributed by atoms with van der Waals surface area (Å²) in [6, 6.07) is 10.3. The van der Waals surface area contributed by atoms with Crippen LogP contribution in [-0.2, 0) is 4.79 Å². The number of nitrogens with zero attached hydrogens (tertiary/aromatic N) is 1. The van der Waals surface area contributed by atoms with Gasteiger partial charge in [-0.2, -0.15) is 0 Å². The van der Waals surface area contributed by atoms with Crippen molar-refractivity contribution in [2.75, 3.05) is 35.6 Å². The number of anilines is 3. The van der Waals surface area contributed by atoms with Crippen molar-refractivity contribution in [3.8, 4) is 5.75 Å². The summed E-state index contributed by atoms with van der Waals surface area (Å²) in [5.74, 6) is 0.558. The number of halogens is 2. The Kier molecular flexibility index (Phi) is 4.50. The maximum absolute atomic E-state index is 12.3. The van der Waals surface area contributed by atoms with E-state index in [4.69, 9.17) is 33.7 Å². The van der Waals surface area contributed by atoms with Crippen LogP contribution in [0.25, 0.3) is 0 Å². The first-order valence-electron chi connectivity index (χ1n) is 7.04. The van der Waals surface area contributed by atoms with Crippen LogP contribution in [0.15, 0.2) is 36.4 Å². The quantitative estimate of drug-likeness (QED) is 0.831. The van der Waals surface area contributed by atoms with Gasteiger partial charge in [0.05, 0.1) is 18.8 Å². The van der Waals surface area contributed by atoms with Crippen molar-refractivity contribution in [2.24, 2.45) is 0 Å². The maximum Gasteiger partial charge on any atom is 0.243 e. The number of rotatable bonds is 3. The lowest BCUT2D eigenvalue weighted by Crippen LogP contribution is -2.38. The van der Waals surface area contributed by atoms with Gasteiger partial charge in [-0.25, -0.2) is 0 Å². The third-order valence-electron chi connectivity index (χ3n) is 3.42. The van der Waals surface area contributed by atoms with Gasteiger partial charge >= 0.3 is 0 Å². The SMILES string of the molecule is Nc1ccc2c(c1)N(CC(=O)Nc1cc(Cl)cc(Cl)c1)CCO2. The van der Waals surface area contributed by atoms with Crippen molar-refractivity contribution in [1.82, 2.24) is 0 Å². The van der Waals surface area contributed by atoms with Gasteiger partial charge in [0.15, 0.2) is 0 Å². The van der Waals surface area contributed by atoms with Gasteiger partial charge in [-0.3, -0.25) is 4.79 Å². The lowest BCUT2D eigenvalue weighted by Gasteiger charge is -2.30. The molecule has 0 spiro atoms. The molecular weight excluding hydrogens is 337 g/mol. The summed E-state index contributed by atoms with van der Waals surface area (Å²) in [5, 5.41) is 3.73. The Hall–Kier alpha value is -2.11. The number of hydrogen-bond acceptors (Lipinski definition) is 4. The van der Waals surface area contributed by atoms with Crippen molar-refractivity contribution in [3.05, 3.63) is 46.4 Å². The largest absolute Gasteiger partial charge is 0.490 e. The molecule has 1 aliphatic heterocycles. The number of nitrogens with two attached hydrogens (primary N) is 1. The Morgan fingerprint density at radius 1 is 1.22 bits per heavy atom. The van der Waals surface area contributed by atoms with Crippen LogP contribution < -0.4 is 20.7 Å². The van der Waals surface area contributed by atoms with Gasteiger partial charge in [-0.15, -0.1) is 0 Å². The van der Waals surface area contributed by atoms with E-state index in [-0.39, 0.29) is 12.5 Å². The van der Waals surface area contributed by atoms with Crippen LogP contribution in [0.5, 0.6) is 5.75 Å². The minimum absolute atomic E-state index is 0.168.